The Bertz CT molecular complexity index is 455. The van der Waals surface area contributed by atoms with E-state index in [1.807, 2.05) is 0 Å². The first kappa shape index (κ1) is 12.1. The first-order valence-corrected chi connectivity index (χ1v) is 6.83. The van der Waals surface area contributed by atoms with Gasteiger partial charge in [0.2, 0.25) is 0 Å². The molecule has 1 aromatic rings. The molecule has 0 unspecified atom stereocenters. The molecule has 0 amide bonds. The number of halogens is 1. The van der Waals surface area contributed by atoms with Gasteiger partial charge in [0.15, 0.2) is 11.5 Å². The van der Waals surface area contributed by atoms with Crippen molar-refractivity contribution in [1.82, 2.24) is 0 Å². The Labute approximate surface area is 112 Å². The molecule has 0 aliphatic carbocycles. The number of fused-ring (bicyclic) bond motifs is 1. The van der Waals surface area contributed by atoms with Crippen LogP contribution in [-0.2, 0) is 10.2 Å². The summed E-state index contributed by atoms with van der Waals surface area (Å²) in [6.07, 6.45) is 0.940. The van der Waals surface area contributed by atoms with E-state index in [0.717, 1.165) is 31.1 Å². The lowest BCUT2D eigenvalue weighted by atomic mass is 9.74. The van der Waals surface area contributed by atoms with Crippen LogP contribution in [0, 0.1) is 6.92 Å². The second kappa shape index (κ2) is 4.63. The van der Waals surface area contributed by atoms with Crippen LogP contribution in [0.3, 0.4) is 0 Å². The van der Waals surface area contributed by atoms with Gasteiger partial charge < -0.3 is 14.2 Å². The molecule has 2 heterocycles. The average molecular weight is 269 g/mol. The van der Waals surface area contributed by atoms with Gasteiger partial charge in [-0.05, 0) is 36.6 Å². The molecule has 0 radical (unpaired) electrons. The van der Waals surface area contributed by atoms with Crippen LogP contribution in [0.4, 0.5) is 0 Å². The molecule has 1 aromatic carbocycles. The Morgan fingerprint density at radius 3 is 2.39 bits per heavy atom. The molecular weight excluding hydrogens is 252 g/mol. The van der Waals surface area contributed by atoms with E-state index in [0.29, 0.717) is 19.1 Å². The Kier molecular flexibility index (Phi) is 3.12. The summed E-state index contributed by atoms with van der Waals surface area (Å²) in [6.45, 7) is 4.86. The molecule has 4 heteroatoms. The van der Waals surface area contributed by atoms with Crippen LogP contribution in [0.15, 0.2) is 12.1 Å². The molecule has 0 atom stereocenters. The maximum absolute atomic E-state index is 5.93. The number of alkyl halides is 1. The SMILES string of the molecule is Cc1cc2c(cc1C1(CCCl)COC1)OCCO2. The molecule has 1 saturated heterocycles. The zero-order chi connectivity index (χ0) is 12.6. The van der Waals surface area contributed by atoms with Gasteiger partial charge in [-0.1, -0.05) is 0 Å². The average Bonchev–Trinajstić information content (AvgIpc) is 2.33. The van der Waals surface area contributed by atoms with Gasteiger partial charge in [-0.15, -0.1) is 11.6 Å². The number of aryl methyl sites for hydroxylation is 1. The lowest BCUT2D eigenvalue weighted by Gasteiger charge is -2.43. The lowest BCUT2D eigenvalue weighted by molar-refractivity contribution is -0.0620. The summed E-state index contributed by atoms with van der Waals surface area (Å²) in [6, 6.07) is 4.18. The number of hydrogen-bond donors (Lipinski definition) is 0. The van der Waals surface area contributed by atoms with Crippen molar-refractivity contribution in [3.8, 4) is 11.5 Å². The second-order valence-electron chi connectivity index (χ2n) is 5.02. The maximum Gasteiger partial charge on any atom is 0.161 e. The molecule has 3 nitrogen and oxygen atoms in total. The van der Waals surface area contributed by atoms with Gasteiger partial charge in [-0.2, -0.15) is 0 Å². The topological polar surface area (TPSA) is 27.7 Å². The molecular formula is C14H17ClO3. The van der Waals surface area contributed by atoms with Gasteiger partial charge in [-0.25, -0.2) is 0 Å². The third-order valence-electron chi connectivity index (χ3n) is 3.79. The Morgan fingerprint density at radius 2 is 1.83 bits per heavy atom. The van der Waals surface area contributed by atoms with Crippen molar-refractivity contribution < 1.29 is 14.2 Å². The van der Waals surface area contributed by atoms with Crippen LogP contribution in [0.2, 0.25) is 0 Å². The molecule has 0 bridgehead atoms. The lowest BCUT2D eigenvalue weighted by Crippen LogP contribution is -2.47. The minimum absolute atomic E-state index is 0.0711. The normalized spacial score (nSPS) is 20.3. The summed E-state index contributed by atoms with van der Waals surface area (Å²) in [5, 5.41) is 0. The van der Waals surface area contributed by atoms with Crippen molar-refractivity contribution in [1.29, 1.82) is 0 Å². The first-order valence-electron chi connectivity index (χ1n) is 6.30. The molecule has 2 aliphatic rings. The highest BCUT2D eigenvalue weighted by atomic mass is 35.5. The molecule has 3 rings (SSSR count). The van der Waals surface area contributed by atoms with Gasteiger partial charge in [0.05, 0.1) is 13.2 Å². The quantitative estimate of drug-likeness (QED) is 0.789. The highest BCUT2D eigenvalue weighted by Crippen LogP contribution is 2.42. The fourth-order valence-electron chi connectivity index (χ4n) is 2.73. The van der Waals surface area contributed by atoms with Crippen LogP contribution in [0.5, 0.6) is 11.5 Å². The molecule has 0 spiro atoms. The van der Waals surface area contributed by atoms with E-state index in [4.69, 9.17) is 25.8 Å². The largest absolute Gasteiger partial charge is 0.486 e. The van der Waals surface area contributed by atoms with Crippen molar-refractivity contribution in [3.63, 3.8) is 0 Å². The number of benzene rings is 1. The summed E-state index contributed by atoms with van der Waals surface area (Å²) >= 11 is 5.93. The summed E-state index contributed by atoms with van der Waals surface area (Å²) in [7, 11) is 0. The van der Waals surface area contributed by atoms with Gasteiger partial charge in [0.25, 0.3) is 0 Å². The molecule has 18 heavy (non-hydrogen) atoms. The molecule has 0 N–H and O–H groups in total. The Hall–Kier alpha value is -0.930. The summed E-state index contributed by atoms with van der Waals surface area (Å²) in [5.41, 5.74) is 2.59. The minimum atomic E-state index is 0.0711. The fourth-order valence-corrected chi connectivity index (χ4v) is 3.09. The zero-order valence-corrected chi connectivity index (χ0v) is 11.3. The summed E-state index contributed by atoms with van der Waals surface area (Å²) in [4.78, 5) is 0. The van der Waals surface area contributed by atoms with Gasteiger partial charge in [0, 0.05) is 11.3 Å². The van der Waals surface area contributed by atoms with Crippen LogP contribution >= 0.6 is 11.6 Å². The van der Waals surface area contributed by atoms with Crippen molar-refractivity contribution >= 4 is 11.6 Å². The van der Waals surface area contributed by atoms with Crippen molar-refractivity contribution in [2.75, 3.05) is 32.3 Å². The van der Waals surface area contributed by atoms with Gasteiger partial charge in [0.1, 0.15) is 13.2 Å². The van der Waals surface area contributed by atoms with Crippen LogP contribution in [-0.4, -0.2) is 32.3 Å². The number of hydrogen-bond acceptors (Lipinski definition) is 3. The van der Waals surface area contributed by atoms with Crippen molar-refractivity contribution in [2.24, 2.45) is 0 Å². The molecule has 1 fully saturated rings. The van der Waals surface area contributed by atoms with Crippen molar-refractivity contribution in [3.05, 3.63) is 23.3 Å². The Balaban J connectivity index is 2.00. The first-order chi connectivity index (χ1) is 8.75. The van der Waals surface area contributed by atoms with E-state index in [1.165, 1.54) is 11.1 Å². The fraction of sp³-hybridized carbons (Fsp3) is 0.571. The molecule has 2 aliphatic heterocycles. The van der Waals surface area contributed by atoms with E-state index in [2.05, 4.69) is 19.1 Å². The molecule has 98 valence electrons. The van der Waals surface area contributed by atoms with E-state index in [1.54, 1.807) is 0 Å². The Morgan fingerprint density at radius 1 is 1.17 bits per heavy atom. The third-order valence-corrected chi connectivity index (χ3v) is 3.98. The number of ether oxygens (including phenoxy) is 3. The predicted molar refractivity (Wildman–Crippen MR) is 70.0 cm³/mol. The molecule has 0 saturated carbocycles. The highest BCUT2D eigenvalue weighted by molar-refractivity contribution is 6.17. The van der Waals surface area contributed by atoms with Crippen LogP contribution < -0.4 is 9.47 Å². The summed E-state index contributed by atoms with van der Waals surface area (Å²) in [5.74, 6) is 2.35. The third kappa shape index (κ3) is 1.86. The zero-order valence-electron chi connectivity index (χ0n) is 10.5. The number of rotatable bonds is 3. The second-order valence-corrected chi connectivity index (χ2v) is 5.40. The van der Waals surface area contributed by atoms with Gasteiger partial charge in [-0.3, -0.25) is 0 Å². The molecule has 0 aromatic heterocycles. The predicted octanol–water partition coefficient (Wildman–Crippen LogP) is 2.66. The standard InChI is InChI=1S/C14H17ClO3/c1-10-6-12-13(18-5-4-17-12)7-11(10)14(2-3-15)8-16-9-14/h6-7H,2-5,8-9H2,1H3. The smallest absolute Gasteiger partial charge is 0.161 e. The van der Waals surface area contributed by atoms with E-state index >= 15 is 0 Å². The van der Waals surface area contributed by atoms with Crippen LogP contribution in [0.25, 0.3) is 0 Å². The maximum atomic E-state index is 5.93. The van der Waals surface area contributed by atoms with Crippen LogP contribution in [0.1, 0.15) is 17.5 Å². The van der Waals surface area contributed by atoms with E-state index < -0.39 is 0 Å². The van der Waals surface area contributed by atoms with Crippen molar-refractivity contribution in [2.45, 2.75) is 18.8 Å². The minimum Gasteiger partial charge on any atom is -0.486 e. The monoisotopic (exact) mass is 268 g/mol. The van der Waals surface area contributed by atoms with E-state index in [-0.39, 0.29) is 5.41 Å². The summed E-state index contributed by atoms with van der Waals surface area (Å²) < 4.78 is 16.7. The van der Waals surface area contributed by atoms with Gasteiger partial charge >= 0.3 is 0 Å². The van der Waals surface area contributed by atoms with E-state index in [9.17, 15) is 0 Å². The highest BCUT2D eigenvalue weighted by Gasteiger charge is 2.41.